The minimum Gasteiger partial charge on any atom is -0.497 e. The van der Waals surface area contributed by atoms with Gasteiger partial charge in [0, 0.05) is 118 Å². The van der Waals surface area contributed by atoms with Crippen molar-refractivity contribution in [2.45, 2.75) is 101 Å². The van der Waals surface area contributed by atoms with Gasteiger partial charge in [-0.25, -0.2) is 9.59 Å². The van der Waals surface area contributed by atoms with Gasteiger partial charge in [0.1, 0.15) is 35.3 Å². The van der Waals surface area contributed by atoms with Gasteiger partial charge in [-0.15, -0.1) is 0 Å². The first-order valence-corrected chi connectivity index (χ1v) is 21.8. The zero-order chi connectivity index (χ0) is 46.5. The standard InChI is InChI=1S/C51H55NO13.2Ac/c1-29-35(64-47(58)41(54)39(31-15-9-6-10-16-31)52-45(56)32-17-11-7-12-18-32)26-51(60)44(65-46(57)33-19-13-8-14-20-33)42-49(4,43(55)40(53)38(29)48(51,2)3)36(25-37-50(42,59)28-63-37)62-27-30-21-23-34(61-5)24-22-30;;/h6-24,35-37,39-42,44,53-54,59-60H,25-28H2,1-5H3,(H,52,56);;/t35?,36?,37?,39?,40?,41?,42?,44?,49-,50?,51?;;/m1../s1. The van der Waals surface area contributed by atoms with E-state index in [0.717, 1.165) is 5.56 Å². The molecule has 11 atom stereocenters. The summed E-state index contributed by atoms with van der Waals surface area (Å²) in [5, 5.41) is 53.5. The Balaban J connectivity index is 0.00000370. The summed E-state index contributed by atoms with van der Waals surface area (Å²) in [7, 11) is 1.55. The van der Waals surface area contributed by atoms with E-state index in [1.54, 1.807) is 138 Å². The van der Waals surface area contributed by atoms with E-state index in [4.69, 9.17) is 23.7 Å². The van der Waals surface area contributed by atoms with E-state index in [1.165, 1.54) is 12.1 Å². The maximum Gasteiger partial charge on any atom is 0.338 e. The van der Waals surface area contributed by atoms with Crippen molar-refractivity contribution < 1.29 is 151 Å². The summed E-state index contributed by atoms with van der Waals surface area (Å²) in [6.07, 6.45) is -9.52. The molecule has 2 radical (unpaired) electrons. The van der Waals surface area contributed by atoms with E-state index in [2.05, 4.69) is 5.32 Å². The fraction of sp³-hybridized carbons (Fsp3) is 0.412. The summed E-state index contributed by atoms with van der Waals surface area (Å²) in [4.78, 5) is 57.5. The third-order valence-electron chi connectivity index (χ3n) is 14.5. The molecule has 1 aliphatic heterocycles. The van der Waals surface area contributed by atoms with Crippen LogP contribution in [0.1, 0.15) is 78.4 Å². The van der Waals surface area contributed by atoms with E-state index in [1.807, 2.05) is 0 Å². The predicted molar refractivity (Wildman–Crippen MR) is 234 cm³/mol. The largest absolute Gasteiger partial charge is 0.497 e. The second-order valence-corrected chi connectivity index (χ2v) is 18.3. The molecule has 1 amide bonds. The van der Waals surface area contributed by atoms with Gasteiger partial charge in [-0.1, -0.05) is 92.7 Å². The van der Waals surface area contributed by atoms with Crippen LogP contribution in [0.15, 0.2) is 126 Å². The van der Waals surface area contributed by atoms with Crippen molar-refractivity contribution in [2.24, 2.45) is 16.7 Å². The van der Waals surface area contributed by atoms with Gasteiger partial charge >= 0.3 is 11.9 Å². The number of methoxy groups -OCH3 is 1. The van der Waals surface area contributed by atoms with Crippen molar-refractivity contribution in [1.82, 2.24) is 5.32 Å². The third-order valence-corrected chi connectivity index (χ3v) is 14.5. The monoisotopic (exact) mass is 1340 g/mol. The molecule has 2 saturated carbocycles. The van der Waals surface area contributed by atoms with Gasteiger partial charge in [-0.3, -0.25) is 9.59 Å². The van der Waals surface area contributed by atoms with E-state index in [9.17, 15) is 34.8 Å². The predicted octanol–water partition coefficient (Wildman–Crippen LogP) is 4.83. The van der Waals surface area contributed by atoms with Gasteiger partial charge in [-0.2, -0.15) is 0 Å². The molecule has 4 aliphatic rings. The number of esters is 2. The number of carbonyl (C=O) groups is 4. The molecule has 1 saturated heterocycles. The number of aliphatic hydroxyl groups is 4. The Bertz CT molecular complexity index is 2460. The Morgan fingerprint density at radius 1 is 0.836 bits per heavy atom. The Hall–Kier alpha value is -2.86. The summed E-state index contributed by atoms with van der Waals surface area (Å²) in [5.74, 6) is -4.22. The van der Waals surface area contributed by atoms with E-state index < -0.39 is 101 Å². The van der Waals surface area contributed by atoms with Crippen LogP contribution in [0.3, 0.4) is 0 Å². The molecule has 0 spiro atoms. The zero-order valence-electron chi connectivity index (χ0n) is 38.0. The van der Waals surface area contributed by atoms with Crippen molar-refractivity contribution in [2.75, 3.05) is 13.7 Å². The molecule has 67 heavy (non-hydrogen) atoms. The molecule has 2 bridgehead atoms. The minimum atomic E-state index is -2.30. The van der Waals surface area contributed by atoms with Gasteiger partial charge in [0.15, 0.2) is 11.9 Å². The minimum absolute atomic E-state index is 0. The number of amides is 1. The molecular weight excluding hydrogens is 1290 g/mol. The summed E-state index contributed by atoms with van der Waals surface area (Å²) < 4.78 is 30.4. The Kier molecular flexibility index (Phi) is 17.0. The summed E-state index contributed by atoms with van der Waals surface area (Å²) in [6.45, 7) is 6.05. The van der Waals surface area contributed by atoms with Crippen LogP contribution in [0.2, 0.25) is 0 Å². The number of nitrogens with one attached hydrogen (secondary N) is 1. The number of carbonyl (C=O) groups excluding carboxylic acids is 4. The summed E-state index contributed by atoms with van der Waals surface area (Å²) >= 11 is 0. The first-order valence-electron chi connectivity index (χ1n) is 21.8. The van der Waals surface area contributed by atoms with Crippen molar-refractivity contribution in [1.29, 1.82) is 0 Å². The van der Waals surface area contributed by atoms with Crippen molar-refractivity contribution in [3.05, 3.63) is 149 Å². The van der Waals surface area contributed by atoms with Crippen molar-refractivity contribution in [3.8, 4) is 5.75 Å². The summed E-state index contributed by atoms with van der Waals surface area (Å²) in [6, 6.07) is 30.5. The molecule has 16 heteroatoms. The number of hydrogen-bond donors (Lipinski definition) is 5. The van der Waals surface area contributed by atoms with Crippen LogP contribution >= 0.6 is 0 Å². The van der Waals surface area contributed by atoms with Gasteiger partial charge in [-0.05, 0) is 72.5 Å². The number of rotatable bonds is 12. The molecule has 14 nitrogen and oxygen atoms in total. The van der Waals surface area contributed by atoms with E-state index in [-0.39, 0.29) is 130 Å². The Labute approximate surface area is 461 Å². The second kappa shape index (κ2) is 21.2. The molecule has 3 fully saturated rings. The van der Waals surface area contributed by atoms with Crippen LogP contribution in [0.25, 0.3) is 0 Å². The van der Waals surface area contributed by atoms with E-state index >= 15 is 4.79 Å². The average Bonchev–Trinajstić information content (AvgIpc) is 3.31. The number of ketones is 1. The normalized spacial score (nSPS) is 30.1. The molecule has 10 unspecified atom stereocenters. The SMILES string of the molecule is COc1ccc(COC2CC3OCC3(O)C3C(OC(=O)c4ccccc4)C4(O)CC(OC(=O)C(O)C(NC(=O)c5ccccc5)c5ccccc5)C(C)=C(C(O)C(=O)[C@]23C)C4(C)C)cc1.[Ac].[Ac]. The van der Waals surface area contributed by atoms with E-state index in [0.29, 0.717) is 11.3 Å². The van der Waals surface area contributed by atoms with Crippen LogP contribution in [0.4, 0.5) is 0 Å². The number of aliphatic hydroxyl groups excluding tert-OH is 2. The molecule has 5 N–H and O–H groups in total. The van der Waals surface area contributed by atoms with Crippen LogP contribution in [0.5, 0.6) is 5.75 Å². The molecule has 8 rings (SSSR count). The van der Waals surface area contributed by atoms with Gasteiger partial charge < -0.3 is 49.4 Å². The van der Waals surface area contributed by atoms with Gasteiger partial charge in [0.05, 0.1) is 49.6 Å². The zero-order valence-corrected chi connectivity index (χ0v) is 47.5. The molecular formula is C51H55Ac2NO13. The maximum atomic E-state index is 15.5. The number of benzene rings is 4. The molecule has 3 aliphatic carbocycles. The number of fused-ring (bicyclic) bond motifs is 5. The molecule has 1 heterocycles. The fourth-order valence-electron chi connectivity index (χ4n) is 10.7. The first-order chi connectivity index (χ1) is 30.9. The Morgan fingerprint density at radius 3 is 1.99 bits per heavy atom. The summed E-state index contributed by atoms with van der Waals surface area (Å²) in [5.41, 5.74) is -5.85. The van der Waals surface area contributed by atoms with Gasteiger partial charge in [0.2, 0.25) is 0 Å². The molecule has 0 aromatic heterocycles. The average molecular weight is 1340 g/mol. The molecule has 4 aromatic rings. The van der Waals surface area contributed by atoms with Crippen molar-refractivity contribution >= 4 is 23.6 Å². The van der Waals surface area contributed by atoms with Crippen molar-refractivity contribution in [3.63, 3.8) is 0 Å². The van der Waals surface area contributed by atoms with Crippen LogP contribution < -0.4 is 10.1 Å². The Morgan fingerprint density at radius 2 is 1.42 bits per heavy atom. The third kappa shape index (κ3) is 9.68. The maximum absolute atomic E-state index is 15.5. The van der Waals surface area contributed by atoms with Gasteiger partial charge in [0.25, 0.3) is 5.91 Å². The van der Waals surface area contributed by atoms with Crippen LogP contribution in [-0.2, 0) is 35.1 Å². The first kappa shape index (κ1) is 53.5. The van der Waals surface area contributed by atoms with Crippen LogP contribution in [-0.4, -0.2) is 106 Å². The fourth-order valence-corrected chi connectivity index (χ4v) is 10.7. The quantitative estimate of drug-likeness (QED) is 0.0954. The number of ether oxygens (including phenoxy) is 5. The molecule has 4 aromatic carbocycles. The number of Topliss-reactive ketones (excluding diaryl/α,β-unsaturated/α-hetero) is 1. The molecule has 348 valence electrons. The smallest absolute Gasteiger partial charge is 0.338 e. The topological polar surface area (TPSA) is 207 Å². The second-order valence-electron chi connectivity index (χ2n) is 18.3. The van der Waals surface area contributed by atoms with Crippen LogP contribution in [0, 0.1) is 105 Å². The number of hydrogen-bond acceptors (Lipinski definition) is 13.